The van der Waals surface area contributed by atoms with Gasteiger partial charge in [0.15, 0.2) is 0 Å². The van der Waals surface area contributed by atoms with Crippen LogP contribution in [0.5, 0.6) is 5.75 Å². The molecule has 0 saturated carbocycles. The number of Topliss-reactive ketones (excluding diaryl/α,β-unsaturated/α-hetero) is 1. The fraction of sp³-hybridized carbons (Fsp3) is 0.167. The Hall–Kier alpha value is -3.58. The monoisotopic (exact) mass is 370 g/mol. The molecule has 0 aromatic heterocycles. The number of benzene rings is 3. The quantitative estimate of drug-likeness (QED) is 0.394. The summed E-state index contributed by atoms with van der Waals surface area (Å²) in [6, 6.07) is 20.1. The Morgan fingerprint density at radius 2 is 1.82 bits per heavy atom. The lowest BCUT2D eigenvalue weighted by Crippen LogP contribution is -2.53. The van der Waals surface area contributed by atoms with Crippen LogP contribution < -0.4 is 4.74 Å². The molecule has 0 spiro atoms. The smallest absolute Gasteiger partial charge is 0.360 e. The second-order valence-corrected chi connectivity index (χ2v) is 6.55. The Bertz CT molecular complexity index is 1120. The summed E-state index contributed by atoms with van der Waals surface area (Å²) in [7, 11) is 0. The molecule has 0 amide bonds. The lowest BCUT2D eigenvalue weighted by molar-refractivity contribution is -0.157. The molecule has 1 aliphatic rings. The van der Waals surface area contributed by atoms with E-state index in [2.05, 4.69) is 5.92 Å². The molecule has 0 radical (unpaired) electrons. The first-order valence-corrected chi connectivity index (χ1v) is 9.07. The number of ether oxygens (including phenoxy) is 2. The minimum atomic E-state index is -1.95. The van der Waals surface area contributed by atoms with Gasteiger partial charge in [-0.3, -0.25) is 4.79 Å². The van der Waals surface area contributed by atoms with E-state index in [9.17, 15) is 9.59 Å². The SMILES string of the molecule is C#C[C@H](c1cccc2ccccc12)[C@@]1(C(=O)OCC)Oc2ccccc2C1=O. The van der Waals surface area contributed by atoms with Crippen LogP contribution in [0.15, 0.2) is 66.7 Å². The van der Waals surface area contributed by atoms with Crippen LogP contribution in [-0.2, 0) is 9.53 Å². The van der Waals surface area contributed by atoms with Gasteiger partial charge in [0.25, 0.3) is 5.60 Å². The van der Waals surface area contributed by atoms with Crippen molar-refractivity contribution in [3.8, 4) is 18.1 Å². The van der Waals surface area contributed by atoms with Gasteiger partial charge in [-0.25, -0.2) is 4.79 Å². The number of hydrogen-bond donors (Lipinski definition) is 0. The number of ketones is 1. The van der Waals surface area contributed by atoms with E-state index in [0.29, 0.717) is 16.9 Å². The van der Waals surface area contributed by atoms with E-state index >= 15 is 0 Å². The van der Waals surface area contributed by atoms with Gasteiger partial charge in [0.2, 0.25) is 5.78 Å². The molecule has 0 bridgehead atoms. The zero-order valence-electron chi connectivity index (χ0n) is 15.3. The minimum absolute atomic E-state index is 0.112. The number of para-hydroxylation sites is 1. The maximum Gasteiger partial charge on any atom is 0.360 e. The molecule has 138 valence electrons. The number of rotatable bonds is 4. The van der Waals surface area contributed by atoms with Crippen LogP contribution in [0.4, 0.5) is 0 Å². The van der Waals surface area contributed by atoms with E-state index in [1.54, 1.807) is 31.2 Å². The molecular weight excluding hydrogens is 352 g/mol. The highest BCUT2D eigenvalue weighted by Gasteiger charge is 2.61. The normalized spacial score (nSPS) is 18.8. The third-order valence-corrected chi connectivity index (χ3v) is 5.03. The lowest BCUT2D eigenvalue weighted by Gasteiger charge is -2.31. The van der Waals surface area contributed by atoms with Gasteiger partial charge in [0.1, 0.15) is 11.7 Å². The highest BCUT2D eigenvalue weighted by Crippen LogP contribution is 2.45. The van der Waals surface area contributed by atoms with Crippen molar-refractivity contribution >= 4 is 22.5 Å². The Kier molecular flexibility index (Phi) is 4.37. The number of esters is 1. The Morgan fingerprint density at radius 1 is 1.11 bits per heavy atom. The van der Waals surface area contributed by atoms with Crippen LogP contribution in [0.3, 0.4) is 0 Å². The second kappa shape index (κ2) is 6.86. The zero-order chi connectivity index (χ0) is 19.7. The van der Waals surface area contributed by atoms with Crippen LogP contribution in [-0.4, -0.2) is 24.0 Å². The molecule has 0 unspecified atom stereocenters. The average molecular weight is 370 g/mol. The lowest BCUT2D eigenvalue weighted by atomic mass is 9.77. The van der Waals surface area contributed by atoms with Crippen molar-refractivity contribution in [3.63, 3.8) is 0 Å². The average Bonchev–Trinajstić information content (AvgIpc) is 3.03. The van der Waals surface area contributed by atoms with Crippen molar-refractivity contribution in [1.29, 1.82) is 0 Å². The van der Waals surface area contributed by atoms with E-state index in [-0.39, 0.29) is 6.61 Å². The van der Waals surface area contributed by atoms with Gasteiger partial charge < -0.3 is 9.47 Å². The van der Waals surface area contributed by atoms with Gasteiger partial charge in [-0.15, -0.1) is 6.42 Å². The summed E-state index contributed by atoms with van der Waals surface area (Å²) < 4.78 is 11.3. The molecule has 4 rings (SSSR count). The van der Waals surface area contributed by atoms with Crippen molar-refractivity contribution in [2.75, 3.05) is 6.61 Å². The summed E-state index contributed by atoms with van der Waals surface area (Å²) in [6.45, 7) is 1.79. The molecule has 0 fully saturated rings. The van der Waals surface area contributed by atoms with Crippen molar-refractivity contribution in [2.24, 2.45) is 0 Å². The standard InChI is InChI=1S/C24H18O4/c1-3-20(18-14-9-11-16-10-5-6-12-17(16)18)24(23(26)27-4-2)22(25)19-13-7-8-15-21(19)28-24/h1,5-15,20H,4H2,2H3/t20-,24-/m1/s1. The Balaban J connectivity index is 1.96. The Labute approximate surface area is 163 Å². The van der Waals surface area contributed by atoms with Crippen LogP contribution in [0.2, 0.25) is 0 Å². The van der Waals surface area contributed by atoms with Crippen molar-refractivity contribution in [1.82, 2.24) is 0 Å². The largest absolute Gasteiger partial charge is 0.465 e. The summed E-state index contributed by atoms with van der Waals surface area (Å²) in [5, 5.41) is 1.83. The van der Waals surface area contributed by atoms with Crippen molar-refractivity contribution < 1.29 is 19.1 Å². The number of hydrogen-bond acceptors (Lipinski definition) is 4. The van der Waals surface area contributed by atoms with Crippen molar-refractivity contribution in [3.05, 3.63) is 77.9 Å². The maximum atomic E-state index is 13.4. The zero-order valence-corrected chi connectivity index (χ0v) is 15.3. The summed E-state index contributed by atoms with van der Waals surface area (Å²) >= 11 is 0. The van der Waals surface area contributed by atoms with Crippen LogP contribution in [0.25, 0.3) is 10.8 Å². The van der Waals surface area contributed by atoms with Crippen molar-refractivity contribution in [2.45, 2.75) is 18.4 Å². The number of carbonyl (C=O) groups is 2. The second-order valence-electron chi connectivity index (χ2n) is 6.55. The molecule has 0 saturated heterocycles. The van der Waals surface area contributed by atoms with E-state index in [1.165, 1.54) is 0 Å². The predicted octanol–water partition coefficient (Wildman–Crippen LogP) is 4.13. The van der Waals surface area contributed by atoms with Gasteiger partial charge in [-0.1, -0.05) is 60.5 Å². The molecule has 3 aromatic rings. The number of carbonyl (C=O) groups excluding carboxylic acids is 2. The van der Waals surface area contributed by atoms with Crippen LogP contribution in [0.1, 0.15) is 28.8 Å². The third kappa shape index (κ3) is 2.48. The summed E-state index contributed by atoms with van der Waals surface area (Å²) in [4.78, 5) is 26.5. The molecule has 0 aliphatic carbocycles. The van der Waals surface area contributed by atoms with E-state index in [1.807, 2.05) is 42.5 Å². The molecule has 0 N–H and O–H groups in total. The van der Waals surface area contributed by atoms with Gasteiger partial charge in [-0.05, 0) is 35.4 Å². The molecule has 28 heavy (non-hydrogen) atoms. The van der Waals surface area contributed by atoms with Crippen LogP contribution >= 0.6 is 0 Å². The molecule has 4 nitrogen and oxygen atoms in total. The molecule has 1 heterocycles. The van der Waals surface area contributed by atoms with Gasteiger partial charge >= 0.3 is 5.97 Å². The first kappa shape index (κ1) is 17.8. The molecule has 4 heteroatoms. The summed E-state index contributed by atoms with van der Waals surface area (Å²) in [5.41, 5.74) is -0.940. The summed E-state index contributed by atoms with van der Waals surface area (Å²) in [6.07, 6.45) is 5.90. The summed E-state index contributed by atoms with van der Waals surface area (Å²) in [5.74, 6) is 0.793. The Morgan fingerprint density at radius 3 is 2.57 bits per heavy atom. The van der Waals surface area contributed by atoms with Gasteiger partial charge in [0, 0.05) is 0 Å². The van der Waals surface area contributed by atoms with E-state index < -0.39 is 23.3 Å². The molecular formula is C24H18O4. The predicted molar refractivity (Wildman–Crippen MR) is 106 cm³/mol. The van der Waals surface area contributed by atoms with E-state index in [4.69, 9.17) is 15.9 Å². The van der Waals surface area contributed by atoms with E-state index in [0.717, 1.165) is 10.8 Å². The maximum absolute atomic E-state index is 13.4. The third-order valence-electron chi connectivity index (χ3n) is 5.03. The fourth-order valence-electron chi connectivity index (χ4n) is 3.77. The highest BCUT2D eigenvalue weighted by atomic mass is 16.6. The first-order chi connectivity index (χ1) is 13.6. The highest BCUT2D eigenvalue weighted by molar-refractivity contribution is 6.20. The molecule has 2 atom stereocenters. The van der Waals surface area contributed by atoms with Gasteiger partial charge in [-0.2, -0.15) is 0 Å². The minimum Gasteiger partial charge on any atom is -0.465 e. The topological polar surface area (TPSA) is 52.6 Å². The number of terminal acetylenes is 1. The fourth-order valence-corrected chi connectivity index (χ4v) is 3.77. The van der Waals surface area contributed by atoms with Crippen LogP contribution in [0, 0.1) is 12.3 Å². The number of fused-ring (bicyclic) bond motifs is 2. The van der Waals surface area contributed by atoms with Gasteiger partial charge in [0.05, 0.1) is 12.2 Å². The molecule has 3 aromatic carbocycles. The molecule has 1 aliphatic heterocycles. The first-order valence-electron chi connectivity index (χ1n) is 9.07.